The summed E-state index contributed by atoms with van der Waals surface area (Å²) in [6, 6.07) is 1.93. The maximum atomic E-state index is 11.6. The molecule has 2 rings (SSSR count). The standard InChI is InChI=1S/C13H17BrN4O2S/c14-9-7-10(21-8-9)13-17-12(20-18-13)4-3-11(19)16-6-2-1-5-15/h7-8H,1-6,15H2,(H,16,19). The van der Waals surface area contributed by atoms with Crippen molar-refractivity contribution in [2.75, 3.05) is 13.1 Å². The van der Waals surface area contributed by atoms with E-state index in [0.717, 1.165) is 22.2 Å². The molecule has 0 radical (unpaired) electrons. The van der Waals surface area contributed by atoms with E-state index in [1.165, 1.54) is 11.3 Å². The van der Waals surface area contributed by atoms with E-state index < -0.39 is 0 Å². The van der Waals surface area contributed by atoms with Gasteiger partial charge in [0.2, 0.25) is 17.6 Å². The summed E-state index contributed by atoms with van der Waals surface area (Å²) >= 11 is 4.92. The molecule has 21 heavy (non-hydrogen) atoms. The molecule has 2 heterocycles. The van der Waals surface area contributed by atoms with Crippen molar-refractivity contribution in [2.45, 2.75) is 25.7 Å². The van der Waals surface area contributed by atoms with Crippen LogP contribution >= 0.6 is 27.3 Å². The van der Waals surface area contributed by atoms with E-state index in [-0.39, 0.29) is 5.91 Å². The predicted octanol–water partition coefficient (Wildman–Crippen LogP) is 2.35. The average molecular weight is 373 g/mol. The molecule has 0 saturated heterocycles. The molecule has 0 spiro atoms. The molecule has 0 aliphatic heterocycles. The second kappa shape index (κ2) is 8.26. The monoisotopic (exact) mass is 372 g/mol. The minimum atomic E-state index is -0.00867. The first-order chi connectivity index (χ1) is 10.2. The first-order valence-corrected chi connectivity index (χ1v) is 8.40. The second-order valence-corrected chi connectivity index (χ2v) is 6.31. The first kappa shape index (κ1) is 16.1. The van der Waals surface area contributed by atoms with Crippen LogP contribution in [0.1, 0.15) is 25.2 Å². The van der Waals surface area contributed by atoms with Crippen molar-refractivity contribution in [3.8, 4) is 10.7 Å². The van der Waals surface area contributed by atoms with E-state index in [0.29, 0.717) is 37.6 Å². The third kappa shape index (κ3) is 5.22. The van der Waals surface area contributed by atoms with Gasteiger partial charge in [-0.3, -0.25) is 4.79 Å². The minimum absolute atomic E-state index is 0.00867. The van der Waals surface area contributed by atoms with Gasteiger partial charge in [0.25, 0.3) is 0 Å². The highest BCUT2D eigenvalue weighted by molar-refractivity contribution is 9.10. The van der Waals surface area contributed by atoms with Crippen LogP contribution in [0.5, 0.6) is 0 Å². The van der Waals surface area contributed by atoms with E-state index in [2.05, 4.69) is 31.4 Å². The zero-order valence-electron chi connectivity index (χ0n) is 11.5. The Morgan fingerprint density at radius 3 is 3.05 bits per heavy atom. The molecule has 0 fully saturated rings. The Balaban J connectivity index is 1.76. The smallest absolute Gasteiger partial charge is 0.227 e. The number of carbonyl (C=O) groups is 1. The topological polar surface area (TPSA) is 94.0 Å². The third-order valence-corrected chi connectivity index (χ3v) is 4.46. The molecule has 0 aromatic carbocycles. The van der Waals surface area contributed by atoms with Gasteiger partial charge in [-0.1, -0.05) is 5.16 Å². The molecule has 0 atom stereocenters. The van der Waals surface area contributed by atoms with Crippen LogP contribution in [0.15, 0.2) is 20.4 Å². The van der Waals surface area contributed by atoms with E-state index in [9.17, 15) is 4.79 Å². The van der Waals surface area contributed by atoms with Crippen LogP contribution < -0.4 is 11.1 Å². The Kier molecular flexibility index (Phi) is 6.34. The number of nitrogens with zero attached hydrogens (tertiary/aromatic N) is 2. The van der Waals surface area contributed by atoms with Crippen LogP contribution in [0.2, 0.25) is 0 Å². The van der Waals surface area contributed by atoms with Gasteiger partial charge in [0.05, 0.1) is 4.88 Å². The maximum Gasteiger partial charge on any atom is 0.227 e. The largest absolute Gasteiger partial charge is 0.356 e. The van der Waals surface area contributed by atoms with Gasteiger partial charge in [-0.15, -0.1) is 11.3 Å². The fourth-order valence-electron chi connectivity index (χ4n) is 1.69. The van der Waals surface area contributed by atoms with Crippen molar-refractivity contribution in [3.63, 3.8) is 0 Å². The van der Waals surface area contributed by atoms with E-state index in [4.69, 9.17) is 10.3 Å². The fraction of sp³-hybridized carbons (Fsp3) is 0.462. The fourth-order valence-corrected chi connectivity index (χ4v) is 3.04. The van der Waals surface area contributed by atoms with Gasteiger partial charge in [0.1, 0.15) is 0 Å². The highest BCUT2D eigenvalue weighted by Gasteiger charge is 2.11. The van der Waals surface area contributed by atoms with Gasteiger partial charge in [-0.2, -0.15) is 4.98 Å². The molecule has 2 aromatic rings. The Morgan fingerprint density at radius 2 is 2.33 bits per heavy atom. The SMILES string of the molecule is NCCCCNC(=O)CCc1nc(-c2cc(Br)cs2)no1. The van der Waals surface area contributed by atoms with Crippen LogP contribution in [0.4, 0.5) is 0 Å². The van der Waals surface area contributed by atoms with Crippen molar-refractivity contribution >= 4 is 33.2 Å². The molecule has 3 N–H and O–H groups in total. The Bertz CT molecular complexity index is 584. The van der Waals surface area contributed by atoms with Crippen molar-refractivity contribution in [1.29, 1.82) is 0 Å². The number of halogens is 1. The predicted molar refractivity (Wildman–Crippen MR) is 84.9 cm³/mol. The zero-order chi connectivity index (χ0) is 15.1. The zero-order valence-corrected chi connectivity index (χ0v) is 13.9. The molecule has 0 saturated carbocycles. The molecule has 2 aromatic heterocycles. The summed E-state index contributed by atoms with van der Waals surface area (Å²) in [4.78, 5) is 16.8. The number of carbonyl (C=O) groups excluding carboxylic acids is 1. The van der Waals surface area contributed by atoms with Crippen LogP contribution in [-0.4, -0.2) is 29.1 Å². The summed E-state index contributed by atoms with van der Waals surface area (Å²) in [6.45, 7) is 1.31. The molecular weight excluding hydrogens is 356 g/mol. The lowest BCUT2D eigenvalue weighted by atomic mass is 10.2. The first-order valence-electron chi connectivity index (χ1n) is 6.73. The molecule has 6 nitrogen and oxygen atoms in total. The summed E-state index contributed by atoms with van der Waals surface area (Å²) in [7, 11) is 0. The second-order valence-electron chi connectivity index (χ2n) is 4.49. The van der Waals surface area contributed by atoms with Crippen LogP contribution in [0.3, 0.4) is 0 Å². The van der Waals surface area contributed by atoms with Crippen molar-refractivity contribution in [1.82, 2.24) is 15.5 Å². The van der Waals surface area contributed by atoms with Gasteiger partial charge in [0.15, 0.2) is 0 Å². The maximum absolute atomic E-state index is 11.6. The number of hydrogen-bond donors (Lipinski definition) is 2. The van der Waals surface area contributed by atoms with Crippen molar-refractivity contribution in [2.24, 2.45) is 5.73 Å². The number of aromatic nitrogens is 2. The molecule has 0 aliphatic carbocycles. The highest BCUT2D eigenvalue weighted by Crippen LogP contribution is 2.27. The van der Waals surface area contributed by atoms with Gasteiger partial charge >= 0.3 is 0 Å². The summed E-state index contributed by atoms with van der Waals surface area (Å²) in [5, 5.41) is 8.72. The van der Waals surface area contributed by atoms with Gasteiger partial charge in [-0.05, 0) is 41.4 Å². The van der Waals surface area contributed by atoms with Crippen molar-refractivity contribution < 1.29 is 9.32 Å². The lowest BCUT2D eigenvalue weighted by Gasteiger charge is -2.02. The van der Waals surface area contributed by atoms with Gasteiger partial charge in [0, 0.05) is 29.2 Å². The molecule has 0 bridgehead atoms. The summed E-state index contributed by atoms with van der Waals surface area (Å²) < 4.78 is 6.15. The highest BCUT2D eigenvalue weighted by atomic mass is 79.9. The summed E-state index contributed by atoms with van der Waals surface area (Å²) in [6.07, 6.45) is 2.62. The Morgan fingerprint density at radius 1 is 1.48 bits per heavy atom. The summed E-state index contributed by atoms with van der Waals surface area (Å²) in [5.41, 5.74) is 5.39. The number of hydrogen-bond acceptors (Lipinski definition) is 6. The minimum Gasteiger partial charge on any atom is -0.356 e. The molecule has 0 aliphatic rings. The molecular formula is C13H17BrN4O2S. The molecule has 0 unspecified atom stereocenters. The Hall–Kier alpha value is -1.25. The van der Waals surface area contributed by atoms with Gasteiger partial charge < -0.3 is 15.6 Å². The van der Waals surface area contributed by atoms with Crippen LogP contribution in [0.25, 0.3) is 10.7 Å². The molecule has 114 valence electrons. The van der Waals surface area contributed by atoms with Crippen molar-refractivity contribution in [3.05, 3.63) is 21.8 Å². The number of nitrogens with two attached hydrogens (primary N) is 1. The van der Waals surface area contributed by atoms with Crippen LogP contribution in [-0.2, 0) is 11.2 Å². The number of unbranched alkanes of at least 4 members (excludes halogenated alkanes) is 1. The van der Waals surface area contributed by atoms with E-state index in [1.807, 2.05) is 11.4 Å². The Labute approximate surface area is 135 Å². The molecule has 8 heteroatoms. The van der Waals surface area contributed by atoms with Gasteiger partial charge in [-0.25, -0.2) is 0 Å². The number of amides is 1. The van der Waals surface area contributed by atoms with Crippen LogP contribution in [0, 0.1) is 0 Å². The number of aryl methyl sites for hydroxylation is 1. The number of thiophene rings is 1. The van der Waals surface area contributed by atoms with E-state index in [1.54, 1.807) is 0 Å². The normalized spacial score (nSPS) is 10.8. The average Bonchev–Trinajstić information content (AvgIpc) is 3.10. The quantitative estimate of drug-likeness (QED) is 0.693. The van der Waals surface area contributed by atoms with E-state index >= 15 is 0 Å². The number of rotatable bonds is 8. The summed E-state index contributed by atoms with van der Waals surface area (Å²) in [5.74, 6) is 1.03. The lowest BCUT2D eigenvalue weighted by molar-refractivity contribution is -0.121. The number of nitrogens with one attached hydrogen (secondary N) is 1. The lowest BCUT2D eigenvalue weighted by Crippen LogP contribution is -2.25. The third-order valence-electron chi connectivity index (χ3n) is 2.77. The molecule has 1 amide bonds.